The summed E-state index contributed by atoms with van der Waals surface area (Å²) in [4.78, 5) is 35.3. The van der Waals surface area contributed by atoms with E-state index in [1.807, 2.05) is 24.3 Å². The molecule has 0 spiro atoms. The van der Waals surface area contributed by atoms with Gasteiger partial charge >= 0.3 is 5.69 Å². The fourth-order valence-electron chi connectivity index (χ4n) is 3.85. The van der Waals surface area contributed by atoms with Crippen molar-refractivity contribution in [3.8, 4) is 11.3 Å². The molecule has 0 radical (unpaired) electrons. The second-order valence-corrected chi connectivity index (χ2v) is 7.31. The molecule has 140 valence electrons. The van der Waals surface area contributed by atoms with Crippen molar-refractivity contribution in [3.05, 3.63) is 46.5 Å². The van der Waals surface area contributed by atoms with E-state index in [1.54, 1.807) is 10.8 Å². The van der Waals surface area contributed by atoms with E-state index >= 15 is 0 Å². The van der Waals surface area contributed by atoms with Crippen molar-refractivity contribution in [2.24, 2.45) is 11.7 Å². The van der Waals surface area contributed by atoms with E-state index in [0.29, 0.717) is 29.5 Å². The van der Waals surface area contributed by atoms with Crippen LogP contribution in [0.25, 0.3) is 22.6 Å². The highest BCUT2D eigenvalue weighted by Crippen LogP contribution is 2.26. The summed E-state index contributed by atoms with van der Waals surface area (Å²) >= 11 is 0. The maximum atomic E-state index is 12.4. The fraction of sp³-hybridized carbons (Fsp3) is 0.400. The van der Waals surface area contributed by atoms with Crippen LogP contribution in [0.15, 0.2) is 35.3 Å². The molecule has 1 fully saturated rings. The number of aromatic nitrogens is 4. The predicted octanol–water partition coefficient (Wildman–Crippen LogP) is 2.39. The Labute approximate surface area is 156 Å². The second kappa shape index (κ2) is 7.34. The Kier molecular flexibility index (Phi) is 4.75. The molecule has 2 heterocycles. The van der Waals surface area contributed by atoms with Crippen molar-refractivity contribution in [2.75, 3.05) is 0 Å². The Morgan fingerprint density at radius 2 is 1.93 bits per heavy atom. The van der Waals surface area contributed by atoms with Gasteiger partial charge in [-0.2, -0.15) is 0 Å². The molecule has 3 aromatic rings. The molecule has 7 heteroatoms. The molecule has 27 heavy (non-hydrogen) atoms. The molecule has 4 rings (SSSR count). The minimum atomic E-state index is -0.358. The van der Waals surface area contributed by atoms with Crippen molar-refractivity contribution in [2.45, 2.75) is 45.1 Å². The summed E-state index contributed by atoms with van der Waals surface area (Å²) in [5, 5.41) is 0. The number of nitrogens with two attached hydrogens (primary N) is 1. The van der Waals surface area contributed by atoms with Crippen molar-refractivity contribution >= 4 is 17.2 Å². The Bertz CT molecular complexity index is 1010. The number of fused-ring (bicyclic) bond motifs is 1. The van der Waals surface area contributed by atoms with Crippen LogP contribution in [0.3, 0.4) is 0 Å². The molecule has 1 aliphatic rings. The summed E-state index contributed by atoms with van der Waals surface area (Å²) in [5.41, 5.74) is 8.65. The number of imidazole rings is 1. The van der Waals surface area contributed by atoms with Gasteiger partial charge in [-0.15, -0.1) is 0 Å². The van der Waals surface area contributed by atoms with Crippen molar-refractivity contribution in [1.29, 1.82) is 0 Å². The quantitative estimate of drug-likeness (QED) is 0.724. The molecule has 0 unspecified atom stereocenters. The minimum absolute atomic E-state index is 0.149. The summed E-state index contributed by atoms with van der Waals surface area (Å²) in [7, 11) is 0. The number of primary amides is 1. The highest BCUT2D eigenvalue weighted by Gasteiger charge is 2.18. The number of amides is 1. The maximum absolute atomic E-state index is 12.4. The van der Waals surface area contributed by atoms with Crippen LogP contribution < -0.4 is 11.4 Å². The van der Waals surface area contributed by atoms with E-state index in [4.69, 9.17) is 10.7 Å². The monoisotopic (exact) mass is 365 g/mol. The number of hydrogen-bond acceptors (Lipinski definition) is 4. The number of nitrogens with one attached hydrogen (secondary N) is 1. The molecule has 1 amide bonds. The van der Waals surface area contributed by atoms with Gasteiger partial charge in [0, 0.05) is 12.1 Å². The summed E-state index contributed by atoms with van der Waals surface area (Å²) in [6, 6.07) is 7.51. The number of carbonyl (C=O) groups excluding carboxylic acids is 1. The van der Waals surface area contributed by atoms with Gasteiger partial charge in [0.1, 0.15) is 0 Å². The number of carbonyl (C=O) groups is 1. The van der Waals surface area contributed by atoms with Crippen LogP contribution in [-0.2, 0) is 17.8 Å². The van der Waals surface area contributed by atoms with Gasteiger partial charge in [0.15, 0.2) is 11.3 Å². The molecule has 3 N–H and O–H groups in total. The molecule has 0 atom stereocenters. The van der Waals surface area contributed by atoms with E-state index in [0.717, 1.165) is 24.0 Å². The topological polar surface area (TPSA) is 107 Å². The van der Waals surface area contributed by atoms with Gasteiger partial charge in [-0.05, 0) is 24.3 Å². The zero-order chi connectivity index (χ0) is 18.8. The number of H-pyrrole nitrogens is 1. The molecule has 1 aliphatic carbocycles. The third kappa shape index (κ3) is 3.77. The van der Waals surface area contributed by atoms with E-state index in [9.17, 15) is 9.59 Å². The number of nitrogens with zero attached hydrogens (tertiary/aromatic N) is 3. The number of hydrogen-bond donors (Lipinski definition) is 2. The van der Waals surface area contributed by atoms with Crippen LogP contribution in [0, 0.1) is 5.92 Å². The first-order chi connectivity index (χ1) is 13.1. The molecule has 0 saturated heterocycles. The van der Waals surface area contributed by atoms with E-state index in [-0.39, 0.29) is 18.0 Å². The van der Waals surface area contributed by atoms with E-state index in [1.165, 1.54) is 19.3 Å². The molecule has 0 aliphatic heterocycles. The lowest BCUT2D eigenvalue weighted by molar-refractivity contribution is -0.117. The van der Waals surface area contributed by atoms with E-state index < -0.39 is 0 Å². The molecular weight excluding hydrogens is 342 g/mol. The van der Waals surface area contributed by atoms with Gasteiger partial charge in [-0.1, -0.05) is 43.5 Å². The van der Waals surface area contributed by atoms with Crippen LogP contribution in [0.1, 0.15) is 37.7 Å². The summed E-state index contributed by atoms with van der Waals surface area (Å²) < 4.78 is 1.73. The third-order valence-corrected chi connectivity index (χ3v) is 5.27. The zero-order valence-electron chi connectivity index (χ0n) is 15.1. The lowest BCUT2D eigenvalue weighted by atomic mass is 9.89. The predicted molar refractivity (Wildman–Crippen MR) is 103 cm³/mol. The Morgan fingerprint density at radius 1 is 1.19 bits per heavy atom. The molecule has 7 nitrogen and oxygen atoms in total. The first-order valence-corrected chi connectivity index (χ1v) is 9.43. The van der Waals surface area contributed by atoms with Gasteiger partial charge in [0.25, 0.3) is 0 Å². The third-order valence-electron chi connectivity index (χ3n) is 5.27. The lowest BCUT2D eigenvalue weighted by Crippen LogP contribution is -2.23. The van der Waals surface area contributed by atoms with Crippen molar-refractivity contribution in [1.82, 2.24) is 19.5 Å². The van der Waals surface area contributed by atoms with Gasteiger partial charge in [-0.3, -0.25) is 14.3 Å². The molecule has 0 bridgehead atoms. The smallest absolute Gasteiger partial charge is 0.328 e. The number of aromatic amines is 1. The van der Waals surface area contributed by atoms with Crippen LogP contribution in [-0.4, -0.2) is 25.4 Å². The largest absolute Gasteiger partial charge is 0.369 e. The SMILES string of the molecule is NC(=O)Cc1ccc(-c2cnc3[nH]c(=O)n(CC4CCCCC4)c3n2)cc1. The highest BCUT2D eigenvalue weighted by molar-refractivity contribution is 5.77. The summed E-state index contributed by atoms with van der Waals surface area (Å²) in [6.07, 6.45) is 7.94. The zero-order valence-corrected chi connectivity index (χ0v) is 15.1. The standard InChI is InChI=1S/C20H23N5O2/c21-17(26)10-13-6-8-15(9-7-13)16-11-22-18-19(23-16)25(20(27)24-18)12-14-4-2-1-3-5-14/h6-9,11,14H,1-5,10,12H2,(H2,21,26)(H,22,24,27). The van der Waals surface area contributed by atoms with Crippen molar-refractivity contribution < 1.29 is 4.79 Å². The average molecular weight is 365 g/mol. The first-order valence-electron chi connectivity index (χ1n) is 9.43. The van der Waals surface area contributed by atoms with Gasteiger partial charge < -0.3 is 5.73 Å². The minimum Gasteiger partial charge on any atom is -0.369 e. The Hall–Kier alpha value is -2.96. The normalized spacial score (nSPS) is 15.3. The van der Waals surface area contributed by atoms with Gasteiger partial charge in [0.2, 0.25) is 5.91 Å². The fourth-order valence-corrected chi connectivity index (χ4v) is 3.85. The first kappa shape index (κ1) is 17.5. The van der Waals surface area contributed by atoms with Gasteiger partial charge in [0.05, 0.1) is 18.3 Å². The average Bonchev–Trinajstić information content (AvgIpc) is 2.97. The van der Waals surface area contributed by atoms with Gasteiger partial charge in [-0.25, -0.2) is 14.8 Å². The highest BCUT2D eigenvalue weighted by atomic mass is 16.1. The maximum Gasteiger partial charge on any atom is 0.328 e. The Balaban J connectivity index is 1.65. The summed E-state index contributed by atoms with van der Waals surface area (Å²) in [5.74, 6) is 0.164. The van der Waals surface area contributed by atoms with Crippen LogP contribution in [0.5, 0.6) is 0 Å². The van der Waals surface area contributed by atoms with Crippen LogP contribution in [0.2, 0.25) is 0 Å². The lowest BCUT2D eigenvalue weighted by Gasteiger charge is -2.21. The van der Waals surface area contributed by atoms with Crippen LogP contribution >= 0.6 is 0 Å². The molecular formula is C20H23N5O2. The number of rotatable bonds is 5. The molecule has 1 saturated carbocycles. The number of benzene rings is 1. The molecule has 1 aromatic carbocycles. The summed E-state index contributed by atoms with van der Waals surface area (Å²) in [6.45, 7) is 0.689. The van der Waals surface area contributed by atoms with Crippen LogP contribution in [0.4, 0.5) is 0 Å². The Morgan fingerprint density at radius 3 is 2.63 bits per heavy atom. The second-order valence-electron chi connectivity index (χ2n) is 7.31. The molecule has 2 aromatic heterocycles. The van der Waals surface area contributed by atoms with E-state index in [2.05, 4.69) is 9.97 Å². The van der Waals surface area contributed by atoms with Crippen molar-refractivity contribution in [3.63, 3.8) is 0 Å².